The summed E-state index contributed by atoms with van der Waals surface area (Å²) in [4.78, 5) is 11.8. The Balaban J connectivity index is 1.94. The van der Waals surface area contributed by atoms with Crippen LogP contribution >= 0.6 is 0 Å². The van der Waals surface area contributed by atoms with E-state index in [0.29, 0.717) is 39.8 Å². The number of carboxylic acids is 1. The quantitative estimate of drug-likeness (QED) is 0.232. The fourth-order valence-electron chi connectivity index (χ4n) is 5.46. The lowest BCUT2D eigenvalue weighted by Crippen LogP contribution is -2.25. The molecule has 0 atom stereocenters. The highest BCUT2D eigenvalue weighted by atomic mass is 19.1. The third-order valence-electron chi connectivity index (χ3n) is 7.16. The first-order valence-corrected chi connectivity index (χ1v) is 12.8. The van der Waals surface area contributed by atoms with Crippen LogP contribution in [0.2, 0.25) is 0 Å². The van der Waals surface area contributed by atoms with Crippen LogP contribution in [0, 0.1) is 11.6 Å². The van der Waals surface area contributed by atoms with Crippen molar-refractivity contribution in [3.63, 3.8) is 0 Å². The molecule has 0 unspecified atom stereocenters. The molecule has 10 heteroatoms. The molecule has 212 valence electrons. The number of fused-ring (bicyclic) bond motifs is 1. The number of benzene rings is 3. The summed E-state index contributed by atoms with van der Waals surface area (Å²) in [5.41, 5.74) is 2.58. The van der Waals surface area contributed by atoms with Crippen LogP contribution in [0.1, 0.15) is 35.6 Å². The van der Waals surface area contributed by atoms with Crippen molar-refractivity contribution in [1.82, 2.24) is 14.3 Å². The minimum atomic E-state index is -1.16. The lowest BCUT2D eigenvalue weighted by atomic mass is 9.80. The number of ether oxygens (including phenoxy) is 2. The van der Waals surface area contributed by atoms with Gasteiger partial charge in [0.1, 0.15) is 22.9 Å². The number of hydrogen-bond acceptors (Lipinski definition) is 5. The van der Waals surface area contributed by atoms with Crippen LogP contribution < -0.4 is 9.47 Å². The Morgan fingerprint density at radius 1 is 1.00 bits per heavy atom. The van der Waals surface area contributed by atoms with Crippen LogP contribution in [-0.2, 0) is 18.9 Å². The molecule has 2 heterocycles. The number of aromatic hydroxyl groups is 1. The highest BCUT2D eigenvalue weighted by Gasteiger charge is 2.34. The smallest absolute Gasteiger partial charge is 0.339 e. The summed E-state index contributed by atoms with van der Waals surface area (Å²) < 4.78 is 43.5. The van der Waals surface area contributed by atoms with Crippen LogP contribution in [0.4, 0.5) is 8.78 Å². The van der Waals surface area contributed by atoms with Crippen LogP contribution in [-0.4, -0.2) is 44.7 Å². The Bertz CT molecular complexity index is 1810. The Morgan fingerprint density at radius 2 is 1.73 bits per heavy atom. The Morgan fingerprint density at radius 3 is 2.37 bits per heavy atom. The first-order chi connectivity index (χ1) is 19.4. The molecule has 0 aliphatic carbocycles. The highest BCUT2D eigenvalue weighted by molar-refractivity contribution is 6.04. The molecule has 41 heavy (non-hydrogen) atoms. The zero-order valence-electron chi connectivity index (χ0n) is 23.2. The van der Waals surface area contributed by atoms with Gasteiger partial charge in [-0.3, -0.25) is 4.68 Å². The summed E-state index contributed by atoms with van der Waals surface area (Å²) in [7, 11) is 4.55. The molecule has 0 bridgehead atoms. The van der Waals surface area contributed by atoms with Crippen LogP contribution in [0.5, 0.6) is 17.2 Å². The molecule has 2 aromatic heterocycles. The molecule has 0 radical (unpaired) electrons. The van der Waals surface area contributed by atoms with Crippen LogP contribution in [0.3, 0.4) is 0 Å². The third-order valence-corrected chi connectivity index (χ3v) is 7.16. The predicted molar refractivity (Wildman–Crippen MR) is 150 cm³/mol. The second-order valence-corrected chi connectivity index (χ2v) is 10.5. The van der Waals surface area contributed by atoms with Crippen molar-refractivity contribution in [2.45, 2.75) is 25.7 Å². The number of aromatic carboxylic acids is 1. The molecular formula is C31H29F2N3O5. The summed E-state index contributed by atoms with van der Waals surface area (Å²) in [6.07, 6.45) is 2.28. The SMILES string of the molecule is COc1cc(-n2c(C(C)(C)Cc3ccn(C)n3)c(-c3ccc(C(=O)O)c(OC)c3)c3c(O)cc(F)cc32)ccc1F. The second kappa shape index (κ2) is 10.3. The number of aromatic nitrogens is 3. The van der Waals surface area contributed by atoms with Gasteiger partial charge in [-0.05, 0) is 42.0 Å². The third kappa shape index (κ3) is 4.86. The van der Waals surface area contributed by atoms with Gasteiger partial charge >= 0.3 is 5.97 Å². The van der Waals surface area contributed by atoms with Crippen molar-refractivity contribution >= 4 is 16.9 Å². The van der Waals surface area contributed by atoms with Gasteiger partial charge in [0.25, 0.3) is 0 Å². The molecule has 0 aliphatic heterocycles. The lowest BCUT2D eigenvalue weighted by Gasteiger charge is -2.29. The predicted octanol–water partition coefficient (Wildman–Crippen LogP) is 6.25. The van der Waals surface area contributed by atoms with Gasteiger partial charge < -0.3 is 24.3 Å². The molecule has 5 rings (SSSR count). The summed E-state index contributed by atoms with van der Waals surface area (Å²) in [6.45, 7) is 3.99. The molecule has 0 saturated carbocycles. The Kier molecular flexibility index (Phi) is 6.94. The first-order valence-electron chi connectivity index (χ1n) is 12.8. The van der Waals surface area contributed by atoms with E-state index >= 15 is 0 Å². The van der Waals surface area contributed by atoms with E-state index in [1.807, 2.05) is 33.2 Å². The average Bonchev–Trinajstić information content (AvgIpc) is 3.49. The summed E-state index contributed by atoms with van der Waals surface area (Å²) in [5, 5.41) is 25.7. The number of nitrogens with zero attached hydrogens (tertiary/aromatic N) is 3. The standard InChI is InChI=1S/C31H29F2N3O5/c1-31(2,16-19-10-11-35(3)34-19)29-27(17-6-8-21(30(38)39)25(12-17)40-4)28-23(13-18(32)14-24(28)37)36(29)20-7-9-22(33)26(15-20)41-5/h6-15,37H,16H2,1-5H3,(H,38,39). The number of aryl methyl sites for hydroxylation is 1. The molecule has 8 nitrogen and oxygen atoms in total. The number of hydrogen-bond donors (Lipinski definition) is 2. The molecule has 5 aromatic rings. The minimum absolute atomic E-state index is 0.00696. The van der Waals surface area contributed by atoms with E-state index < -0.39 is 23.0 Å². The van der Waals surface area contributed by atoms with Gasteiger partial charge in [-0.15, -0.1) is 0 Å². The summed E-state index contributed by atoms with van der Waals surface area (Å²) >= 11 is 0. The summed E-state index contributed by atoms with van der Waals surface area (Å²) in [6, 6.07) is 13.2. The highest BCUT2D eigenvalue weighted by Crippen LogP contribution is 2.48. The van der Waals surface area contributed by atoms with Crippen molar-refractivity contribution in [2.75, 3.05) is 14.2 Å². The van der Waals surface area contributed by atoms with Gasteiger partial charge in [0.15, 0.2) is 11.6 Å². The summed E-state index contributed by atoms with van der Waals surface area (Å²) in [5.74, 6) is -2.58. The zero-order valence-corrected chi connectivity index (χ0v) is 23.2. The normalized spacial score (nSPS) is 11.7. The fraction of sp³-hybridized carbons (Fsp3) is 0.226. The second-order valence-electron chi connectivity index (χ2n) is 10.5. The van der Waals surface area contributed by atoms with Gasteiger partial charge in [-0.2, -0.15) is 5.10 Å². The monoisotopic (exact) mass is 561 g/mol. The van der Waals surface area contributed by atoms with E-state index in [-0.39, 0.29) is 22.8 Å². The molecular weight excluding hydrogens is 532 g/mol. The number of phenolic OH excluding ortho intramolecular Hbond substituents is 1. The van der Waals surface area contributed by atoms with Gasteiger partial charge in [0, 0.05) is 54.2 Å². The minimum Gasteiger partial charge on any atom is -0.507 e. The van der Waals surface area contributed by atoms with Crippen molar-refractivity contribution in [1.29, 1.82) is 0 Å². The number of carbonyl (C=O) groups is 1. The Hall–Kier alpha value is -4.86. The molecule has 3 aromatic carbocycles. The van der Waals surface area contributed by atoms with Crippen molar-refractivity contribution in [2.24, 2.45) is 7.05 Å². The molecule has 0 amide bonds. The van der Waals surface area contributed by atoms with E-state index in [0.717, 1.165) is 11.8 Å². The van der Waals surface area contributed by atoms with E-state index in [1.165, 1.54) is 38.5 Å². The maximum atomic E-state index is 14.9. The zero-order chi connectivity index (χ0) is 29.6. The van der Waals surface area contributed by atoms with Crippen LogP contribution in [0.25, 0.3) is 27.7 Å². The Labute approximate surface area is 235 Å². The van der Waals surface area contributed by atoms with E-state index in [4.69, 9.17) is 9.47 Å². The van der Waals surface area contributed by atoms with Gasteiger partial charge in [-0.25, -0.2) is 13.6 Å². The van der Waals surface area contributed by atoms with Gasteiger partial charge in [0.2, 0.25) is 0 Å². The topological polar surface area (TPSA) is 98.7 Å². The largest absolute Gasteiger partial charge is 0.507 e. The van der Waals surface area contributed by atoms with Crippen molar-refractivity contribution in [3.05, 3.63) is 89.4 Å². The molecule has 0 fully saturated rings. The van der Waals surface area contributed by atoms with Gasteiger partial charge in [-0.1, -0.05) is 19.9 Å². The van der Waals surface area contributed by atoms with E-state index in [1.54, 1.807) is 27.4 Å². The van der Waals surface area contributed by atoms with E-state index in [2.05, 4.69) is 5.10 Å². The number of phenols is 1. The number of carboxylic acid groups (broad SMARTS) is 1. The van der Waals surface area contributed by atoms with Crippen LogP contribution in [0.15, 0.2) is 60.8 Å². The van der Waals surface area contributed by atoms with E-state index in [9.17, 15) is 23.8 Å². The average molecular weight is 562 g/mol. The fourth-order valence-corrected chi connectivity index (χ4v) is 5.46. The lowest BCUT2D eigenvalue weighted by molar-refractivity contribution is 0.0693. The van der Waals surface area contributed by atoms with Crippen molar-refractivity contribution < 1.29 is 33.3 Å². The molecule has 0 spiro atoms. The number of methoxy groups -OCH3 is 2. The maximum absolute atomic E-state index is 14.9. The maximum Gasteiger partial charge on any atom is 0.339 e. The van der Waals surface area contributed by atoms with Gasteiger partial charge in [0.05, 0.1) is 30.8 Å². The molecule has 0 aliphatic rings. The first kappa shape index (κ1) is 27.7. The van der Waals surface area contributed by atoms with Crippen molar-refractivity contribution in [3.8, 4) is 34.1 Å². The molecule has 0 saturated heterocycles. The number of rotatable bonds is 8. The molecule has 2 N–H and O–H groups in total. The number of halogens is 2.